The van der Waals surface area contributed by atoms with Gasteiger partial charge in [-0.05, 0) is 40.0 Å². The van der Waals surface area contributed by atoms with Gasteiger partial charge in [-0.2, -0.15) is 0 Å². The molecule has 0 saturated carbocycles. The first kappa shape index (κ1) is 12.7. The van der Waals surface area contributed by atoms with Gasteiger partial charge in [0.1, 0.15) is 11.8 Å². The van der Waals surface area contributed by atoms with Crippen molar-refractivity contribution >= 4 is 6.09 Å². The smallest absolute Gasteiger partial charge is 0.409 e. The van der Waals surface area contributed by atoms with Crippen molar-refractivity contribution < 1.29 is 9.53 Å². The lowest BCUT2D eigenvalue weighted by Crippen LogP contribution is -2.49. The number of nitrogens with zero attached hydrogens (tertiary/aromatic N) is 2. The zero-order valence-electron chi connectivity index (χ0n) is 10.0. The molecular formula is C10H19N3O3. The Balaban J connectivity index is 2.45. The molecule has 0 aliphatic carbocycles. The zero-order chi connectivity index (χ0) is 12.2. The van der Waals surface area contributed by atoms with Crippen LogP contribution >= 0.6 is 0 Å². The lowest BCUT2D eigenvalue weighted by atomic mass is 10.1. The minimum Gasteiger partial charge on any atom is -0.444 e. The third-order valence-electron chi connectivity index (χ3n) is 2.26. The Bertz CT molecular complexity index is 263. The van der Waals surface area contributed by atoms with Crippen LogP contribution in [0.25, 0.3) is 0 Å². The van der Waals surface area contributed by atoms with Crippen molar-refractivity contribution in [1.82, 2.24) is 10.3 Å². The van der Waals surface area contributed by atoms with Gasteiger partial charge < -0.3 is 4.74 Å². The highest BCUT2D eigenvalue weighted by molar-refractivity contribution is 5.68. The monoisotopic (exact) mass is 229 g/mol. The third-order valence-corrected chi connectivity index (χ3v) is 2.26. The molecule has 0 aromatic heterocycles. The average Bonchev–Trinajstić information content (AvgIpc) is 2.15. The predicted octanol–water partition coefficient (Wildman–Crippen LogP) is 2.00. The van der Waals surface area contributed by atoms with E-state index in [0.717, 1.165) is 19.3 Å². The number of alkyl carbamates (subject to hydrolysis) is 1. The molecule has 16 heavy (non-hydrogen) atoms. The van der Waals surface area contributed by atoms with E-state index in [1.807, 2.05) is 0 Å². The summed E-state index contributed by atoms with van der Waals surface area (Å²) in [4.78, 5) is 22.0. The van der Waals surface area contributed by atoms with Gasteiger partial charge in [0.05, 0.1) is 5.29 Å². The largest absolute Gasteiger partial charge is 0.444 e. The fourth-order valence-corrected chi connectivity index (χ4v) is 1.60. The van der Waals surface area contributed by atoms with E-state index in [0.29, 0.717) is 6.54 Å². The Morgan fingerprint density at radius 2 is 2.12 bits per heavy atom. The molecule has 6 nitrogen and oxygen atoms in total. The van der Waals surface area contributed by atoms with Crippen molar-refractivity contribution in [2.45, 2.75) is 51.8 Å². The molecule has 1 rings (SSSR count). The fourth-order valence-electron chi connectivity index (χ4n) is 1.60. The molecule has 1 atom stereocenters. The summed E-state index contributed by atoms with van der Waals surface area (Å²) < 4.78 is 5.11. The van der Waals surface area contributed by atoms with Crippen LogP contribution < -0.4 is 5.32 Å². The quantitative estimate of drug-likeness (QED) is 0.735. The molecule has 0 aromatic carbocycles. The van der Waals surface area contributed by atoms with Gasteiger partial charge in [0.25, 0.3) is 0 Å². The van der Waals surface area contributed by atoms with Crippen LogP contribution in [0.4, 0.5) is 4.79 Å². The first-order chi connectivity index (χ1) is 7.42. The van der Waals surface area contributed by atoms with E-state index in [1.54, 1.807) is 20.8 Å². The molecule has 92 valence electrons. The molecule has 0 unspecified atom stereocenters. The van der Waals surface area contributed by atoms with Crippen LogP contribution in [0, 0.1) is 4.91 Å². The van der Waals surface area contributed by atoms with E-state index in [4.69, 9.17) is 4.74 Å². The summed E-state index contributed by atoms with van der Waals surface area (Å²) in [5.74, 6) is 0. The minimum atomic E-state index is -0.530. The van der Waals surface area contributed by atoms with Crippen molar-refractivity contribution in [2.75, 3.05) is 6.54 Å². The number of nitrogens with one attached hydrogen (secondary N) is 1. The van der Waals surface area contributed by atoms with E-state index in [2.05, 4.69) is 10.6 Å². The maximum Gasteiger partial charge on any atom is 0.409 e. The molecule has 1 N–H and O–H groups in total. The summed E-state index contributed by atoms with van der Waals surface area (Å²) in [6, 6.07) is 0. The number of hydrogen-bond donors (Lipinski definition) is 1. The van der Waals surface area contributed by atoms with E-state index in [-0.39, 0.29) is 6.17 Å². The number of carbonyl (C=O) groups excluding carboxylic acids is 1. The molecule has 0 spiro atoms. The average molecular weight is 229 g/mol. The normalized spacial score (nSPS) is 21.4. The number of amides is 1. The number of hydrogen-bond acceptors (Lipinski definition) is 4. The second-order valence-corrected chi connectivity index (χ2v) is 4.90. The van der Waals surface area contributed by atoms with Gasteiger partial charge in [-0.3, -0.25) is 5.32 Å². The van der Waals surface area contributed by atoms with Crippen molar-refractivity contribution in [2.24, 2.45) is 5.29 Å². The summed E-state index contributed by atoms with van der Waals surface area (Å²) in [6.45, 7) is 5.97. The van der Waals surface area contributed by atoms with Crippen LogP contribution in [-0.2, 0) is 4.74 Å². The number of piperidine rings is 1. The van der Waals surface area contributed by atoms with Crippen molar-refractivity contribution in [1.29, 1.82) is 0 Å². The van der Waals surface area contributed by atoms with Gasteiger partial charge in [-0.25, -0.2) is 9.80 Å². The zero-order valence-corrected chi connectivity index (χ0v) is 10.0. The SMILES string of the molecule is CC(C)(C)OC(=O)N[C@@H]1CCCCN1N=O. The second-order valence-electron chi connectivity index (χ2n) is 4.90. The lowest BCUT2D eigenvalue weighted by Gasteiger charge is -2.31. The van der Waals surface area contributed by atoms with Crippen LogP contribution in [0.1, 0.15) is 40.0 Å². The van der Waals surface area contributed by atoms with Gasteiger partial charge >= 0.3 is 6.09 Å². The van der Waals surface area contributed by atoms with E-state index in [9.17, 15) is 9.70 Å². The Morgan fingerprint density at radius 1 is 1.44 bits per heavy atom. The second kappa shape index (κ2) is 5.14. The molecule has 1 aliphatic rings. The molecule has 0 radical (unpaired) electrons. The van der Waals surface area contributed by atoms with Crippen LogP contribution in [0.3, 0.4) is 0 Å². The Labute approximate surface area is 95.3 Å². The van der Waals surface area contributed by atoms with Gasteiger partial charge in [-0.15, -0.1) is 4.91 Å². The third kappa shape index (κ3) is 4.04. The maximum atomic E-state index is 11.5. The summed E-state index contributed by atoms with van der Waals surface area (Å²) >= 11 is 0. The highest BCUT2D eigenvalue weighted by atomic mass is 16.6. The van der Waals surface area contributed by atoms with Gasteiger partial charge in [0.15, 0.2) is 0 Å². The molecule has 0 bridgehead atoms. The molecule has 6 heteroatoms. The first-order valence-electron chi connectivity index (χ1n) is 5.52. The molecule has 0 aromatic rings. The standard InChI is InChI=1S/C10H19N3O3/c1-10(2,3)16-9(14)11-8-6-4-5-7-13(8)12-15/h8H,4-7H2,1-3H3,(H,11,14)/t8-/m0/s1. The number of ether oxygens (including phenoxy) is 1. The number of rotatable bonds is 2. The van der Waals surface area contributed by atoms with Crippen LogP contribution in [-0.4, -0.2) is 29.4 Å². The van der Waals surface area contributed by atoms with Crippen LogP contribution in [0.2, 0.25) is 0 Å². The highest BCUT2D eigenvalue weighted by Crippen LogP contribution is 2.15. The molecule has 1 heterocycles. The highest BCUT2D eigenvalue weighted by Gasteiger charge is 2.26. The van der Waals surface area contributed by atoms with Crippen molar-refractivity contribution in [3.63, 3.8) is 0 Å². The summed E-state index contributed by atoms with van der Waals surface area (Å²) in [6.07, 6.45) is 1.80. The Hall–Kier alpha value is -1.33. The number of carbonyl (C=O) groups is 1. The molecule has 1 fully saturated rings. The van der Waals surface area contributed by atoms with Gasteiger partial charge in [0.2, 0.25) is 0 Å². The topological polar surface area (TPSA) is 71.0 Å². The molecular weight excluding hydrogens is 210 g/mol. The molecule has 1 saturated heterocycles. The Morgan fingerprint density at radius 3 is 2.69 bits per heavy atom. The van der Waals surface area contributed by atoms with Crippen LogP contribution in [0.5, 0.6) is 0 Å². The van der Waals surface area contributed by atoms with Crippen molar-refractivity contribution in [3.05, 3.63) is 4.91 Å². The predicted molar refractivity (Wildman–Crippen MR) is 59.5 cm³/mol. The summed E-state index contributed by atoms with van der Waals surface area (Å²) in [7, 11) is 0. The molecule has 1 aliphatic heterocycles. The van der Waals surface area contributed by atoms with Crippen LogP contribution in [0.15, 0.2) is 5.29 Å². The maximum absolute atomic E-state index is 11.5. The minimum absolute atomic E-state index is 0.332. The Kier molecular flexibility index (Phi) is 4.09. The van der Waals surface area contributed by atoms with Gasteiger partial charge in [0, 0.05) is 6.54 Å². The van der Waals surface area contributed by atoms with E-state index >= 15 is 0 Å². The summed E-state index contributed by atoms with van der Waals surface area (Å²) in [5.41, 5.74) is -0.530. The first-order valence-corrected chi connectivity index (χ1v) is 5.52. The van der Waals surface area contributed by atoms with E-state index in [1.165, 1.54) is 5.01 Å². The lowest BCUT2D eigenvalue weighted by molar-refractivity contribution is 0.0367. The van der Waals surface area contributed by atoms with Gasteiger partial charge in [-0.1, -0.05) is 0 Å². The fraction of sp³-hybridized carbons (Fsp3) is 0.900. The summed E-state index contributed by atoms with van der Waals surface area (Å²) in [5, 5.41) is 6.89. The number of nitroso groups, excluding NO2 is 1. The van der Waals surface area contributed by atoms with E-state index < -0.39 is 11.7 Å². The molecule has 1 amide bonds. The van der Waals surface area contributed by atoms with Crippen molar-refractivity contribution in [3.8, 4) is 0 Å².